The molecular weight excluding hydrogens is 708 g/mol. The molecule has 0 saturated carbocycles. The van der Waals surface area contributed by atoms with Gasteiger partial charge in [-0.15, -0.1) is 0 Å². The summed E-state index contributed by atoms with van der Waals surface area (Å²) in [7, 11) is 3.99. The fourth-order valence-corrected chi connectivity index (χ4v) is 5.25. The Bertz CT molecular complexity index is 2170. The minimum absolute atomic E-state index is 0. The largest absolute Gasteiger partial charge is 0.486 e. The van der Waals surface area contributed by atoms with Crippen molar-refractivity contribution in [3.8, 4) is 22.9 Å². The number of aromatic nitrogens is 10. The highest BCUT2D eigenvalue weighted by atomic mass is 35.5. The number of hydrogen-bond acceptors (Lipinski definition) is 14. The van der Waals surface area contributed by atoms with Gasteiger partial charge in [0.1, 0.15) is 24.8 Å². The van der Waals surface area contributed by atoms with Gasteiger partial charge in [0.2, 0.25) is 11.2 Å². The van der Waals surface area contributed by atoms with Crippen LogP contribution in [0.1, 0.15) is 46.5 Å². The molecule has 8 rings (SSSR count). The lowest BCUT2D eigenvalue weighted by atomic mass is 10.0. The SMILES string of the molecule is C.CN1c2nc(Cl)ncc2OCC1(C)C.Cc1cn(-c2ccc(N)nc2)cn1.Cc1cn(-c2ccc(Nc3ncc4c(n3)N(C)C(C)(C)CO4)nc2)cn1. The molecule has 2 aliphatic rings. The molecule has 0 radical (unpaired) electrons. The number of halogens is 1. The third-order valence-corrected chi connectivity index (χ3v) is 9.02. The number of aryl methyl sites for hydroxylation is 2. The lowest BCUT2D eigenvalue weighted by Gasteiger charge is -2.40. The Morgan fingerprint density at radius 3 is 1.69 bits per heavy atom. The van der Waals surface area contributed by atoms with E-state index in [4.69, 9.17) is 26.8 Å². The molecule has 17 heteroatoms. The zero-order valence-corrected chi connectivity index (χ0v) is 31.7. The second-order valence-corrected chi connectivity index (χ2v) is 14.2. The van der Waals surface area contributed by atoms with Crippen LogP contribution in [0.25, 0.3) is 11.4 Å². The molecular formula is C37H47ClN14O2. The Morgan fingerprint density at radius 1 is 0.685 bits per heavy atom. The van der Waals surface area contributed by atoms with E-state index in [0.717, 1.165) is 34.4 Å². The van der Waals surface area contributed by atoms with Gasteiger partial charge >= 0.3 is 0 Å². The molecule has 0 saturated heterocycles. The Balaban J connectivity index is 0.000000169. The summed E-state index contributed by atoms with van der Waals surface area (Å²) < 4.78 is 15.1. The molecule has 0 bridgehead atoms. The van der Waals surface area contributed by atoms with E-state index in [1.165, 1.54) is 0 Å². The second-order valence-electron chi connectivity index (χ2n) is 13.8. The zero-order valence-electron chi connectivity index (χ0n) is 31.0. The first kappa shape index (κ1) is 39.2. The molecule has 0 spiro atoms. The molecule has 0 unspecified atom stereocenters. The highest BCUT2D eigenvalue weighted by Gasteiger charge is 2.34. The normalized spacial score (nSPS) is 14.7. The van der Waals surface area contributed by atoms with Crippen LogP contribution < -0.4 is 30.3 Å². The first-order valence-corrected chi connectivity index (χ1v) is 17.2. The van der Waals surface area contributed by atoms with Crippen molar-refractivity contribution in [1.82, 2.24) is 49.0 Å². The number of likely N-dealkylation sites (N-methyl/N-ethyl adjacent to an activating group) is 2. The van der Waals surface area contributed by atoms with E-state index < -0.39 is 0 Å². The van der Waals surface area contributed by atoms with Crippen LogP contribution in [-0.4, -0.2) is 87.4 Å². The molecule has 6 aromatic rings. The summed E-state index contributed by atoms with van der Waals surface area (Å²) in [5.74, 6) is 4.58. The average molecular weight is 755 g/mol. The van der Waals surface area contributed by atoms with Gasteiger partial charge in [0.05, 0.1) is 71.3 Å². The molecule has 0 amide bonds. The Hall–Kier alpha value is -6.03. The van der Waals surface area contributed by atoms with Gasteiger partial charge in [0.15, 0.2) is 23.1 Å². The molecule has 284 valence electrons. The molecule has 0 fully saturated rings. The first-order chi connectivity index (χ1) is 25.2. The molecule has 3 N–H and O–H groups in total. The van der Waals surface area contributed by atoms with Gasteiger partial charge in [-0.05, 0) is 77.4 Å². The van der Waals surface area contributed by atoms with E-state index in [1.54, 1.807) is 43.5 Å². The van der Waals surface area contributed by atoms with Crippen molar-refractivity contribution in [2.24, 2.45) is 0 Å². The number of nitrogens with two attached hydrogens (primary N) is 1. The summed E-state index contributed by atoms with van der Waals surface area (Å²) in [5.41, 5.74) is 9.14. The molecule has 0 atom stereocenters. The monoisotopic (exact) mass is 754 g/mol. The molecule has 6 aromatic heterocycles. The number of hydrogen-bond donors (Lipinski definition) is 2. The summed E-state index contributed by atoms with van der Waals surface area (Å²) in [6.45, 7) is 13.5. The molecule has 2 aliphatic heterocycles. The van der Waals surface area contributed by atoms with Crippen molar-refractivity contribution in [3.05, 3.63) is 90.8 Å². The minimum atomic E-state index is -0.124. The number of ether oxygens (including phenoxy) is 2. The number of fused-ring (bicyclic) bond motifs is 2. The van der Waals surface area contributed by atoms with Crippen molar-refractivity contribution in [2.75, 3.05) is 48.2 Å². The lowest BCUT2D eigenvalue weighted by Crippen LogP contribution is -2.49. The van der Waals surface area contributed by atoms with Gasteiger partial charge in [-0.2, -0.15) is 9.97 Å². The predicted octanol–water partition coefficient (Wildman–Crippen LogP) is 6.25. The summed E-state index contributed by atoms with van der Waals surface area (Å²) in [6.07, 6.45) is 14.2. The van der Waals surface area contributed by atoms with Crippen molar-refractivity contribution in [3.63, 3.8) is 0 Å². The van der Waals surface area contributed by atoms with E-state index in [0.29, 0.717) is 42.3 Å². The highest BCUT2D eigenvalue weighted by Crippen LogP contribution is 2.36. The standard InChI is InChI=1S/C18H21N7O.C9H12ClN3O.C9H10N4.CH4/c1-12-9-25(11-21-12)13-5-6-15(19-7-13)22-17-20-8-14-16(23-17)24(4)18(2,3)10-26-14;1-9(2)5-14-6-4-11-8(10)12-7(6)13(9)3;1-7-5-13(6-12-7)8-2-3-9(10)11-4-8;/h5-9,11H,10H2,1-4H3,(H,19,20,22,23);4H,5H2,1-3H3;2-6H,1H3,(H2,10,11);1H4. The lowest BCUT2D eigenvalue weighted by molar-refractivity contribution is 0.215. The van der Waals surface area contributed by atoms with Gasteiger partial charge in [0, 0.05) is 26.5 Å². The minimum Gasteiger partial charge on any atom is -0.486 e. The molecule has 16 nitrogen and oxygen atoms in total. The van der Waals surface area contributed by atoms with Crippen molar-refractivity contribution >= 4 is 40.8 Å². The van der Waals surface area contributed by atoms with Crippen LogP contribution in [0.3, 0.4) is 0 Å². The van der Waals surface area contributed by atoms with Crippen LogP contribution >= 0.6 is 11.6 Å². The van der Waals surface area contributed by atoms with Crippen LogP contribution in [-0.2, 0) is 0 Å². The molecule has 54 heavy (non-hydrogen) atoms. The number of nitrogens with one attached hydrogen (secondary N) is 1. The van der Waals surface area contributed by atoms with Crippen molar-refractivity contribution in [2.45, 2.75) is 60.0 Å². The average Bonchev–Trinajstić information content (AvgIpc) is 3.78. The van der Waals surface area contributed by atoms with Gasteiger partial charge < -0.3 is 39.5 Å². The molecule has 8 heterocycles. The van der Waals surface area contributed by atoms with Crippen LogP contribution in [0.2, 0.25) is 5.28 Å². The van der Waals surface area contributed by atoms with E-state index in [2.05, 4.69) is 82.7 Å². The quantitative estimate of drug-likeness (QED) is 0.193. The van der Waals surface area contributed by atoms with E-state index in [-0.39, 0.29) is 23.8 Å². The Morgan fingerprint density at radius 2 is 1.20 bits per heavy atom. The number of pyridine rings is 2. The van der Waals surface area contributed by atoms with Crippen LogP contribution in [0, 0.1) is 13.8 Å². The van der Waals surface area contributed by atoms with Gasteiger partial charge in [0.25, 0.3) is 0 Å². The second kappa shape index (κ2) is 15.9. The smallest absolute Gasteiger partial charge is 0.230 e. The van der Waals surface area contributed by atoms with E-state index in [9.17, 15) is 0 Å². The van der Waals surface area contributed by atoms with Crippen LogP contribution in [0.5, 0.6) is 11.5 Å². The zero-order chi connectivity index (χ0) is 37.9. The van der Waals surface area contributed by atoms with Gasteiger partial charge in [-0.1, -0.05) is 7.43 Å². The van der Waals surface area contributed by atoms with Crippen LogP contribution in [0.4, 0.5) is 29.2 Å². The fraction of sp³-hybridized carbons (Fsp3) is 0.351. The maximum Gasteiger partial charge on any atom is 0.230 e. The van der Waals surface area contributed by atoms with Crippen LogP contribution in [0.15, 0.2) is 74.1 Å². The number of nitrogens with zero attached hydrogens (tertiary/aromatic N) is 12. The maximum absolute atomic E-state index is 5.76. The Kier molecular flexibility index (Phi) is 11.5. The summed E-state index contributed by atoms with van der Waals surface area (Å²) in [5, 5.41) is 3.39. The molecule has 0 aliphatic carbocycles. The summed E-state index contributed by atoms with van der Waals surface area (Å²) >= 11 is 5.73. The first-order valence-electron chi connectivity index (χ1n) is 16.8. The number of rotatable bonds is 4. The topological polar surface area (TPSA) is 176 Å². The third kappa shape index (κ3) is 8.94. The molecule has 0 aromatic carbocycles. The van der Waals surface area contributed by atoms with E-state index in [1.807, 2.05) is 67.7 Å². The number of imidazole rings is 2. The van der Waals surface area contributed by atoms with E-state index >= 15 is 0 Å². The summed E-state index contributed by atoms with van der Waals surface area (Å²) in [6, 6.07) is 7.53. The third-order valence-electron chi connectivity index (χ3n) is 8.83. The van der Waals surface area contributed by atoms with Crippen molar-refractivity contribution < 1.29 is 9.47 Å². The predicted molar refractivity (Wildman–Crippen MR) is 212 cm³/mol. The number of anilines is 5. The van der Waals surface area contributed by atoms with Gasteiger partial charge in [-0.3, -0.25) is 0 Å². The van der Waals surface area contributed by atoms with Crippen molar-refractivity contribution in [1.29, 1.82) is 0 Å². The van der Waals surface area contributed by atoms with Gasteiger partial charge in [-0.25, -0.2) is 29.9 Å². The number of nitrogen functional groups attached to an aromatic ring is 1. The maximum atomic E-state index is 5.76. The Labute approximate surface area is 320 Å². The highest BCUT2D eigenvalue weighted by molar-refractivity contribution is 6.28. The summed E-state index contributed by atoms with van der Waals surface area (Å²) in [4.78, 5) is 37.9. The fourth-order valence-electron chi connectivity index (χ4n) is 5.13.